The van der Waals surface area contributed by atoms with Gasteiger partial charge in [0.25, 0.3) is 0 Å². The van der Waals surface area contributed by atoms with Crippen LogP contribution in [0.15, 0.2) is 66.9 Å². The van der Waals surface area contributed by atoms with E-state index in [0.29, 0.717) is 5.82 Å². The van der Waals surface area contributed by atoms with Crippen molar-refractivity contribution in [2.75, 3.05) is 4.90 Å². The summed E-state index contributed by atoms with van der Waals surface area (Å²) in [4.78, 5) is 17.2. The number of benzene rings is 2. The molecular weight excluding hydrogens is 236 g/mol. The first-order valence-corrected chi connectivity index (χ1v) is 6.03. The van der Waals surface area contributed by atoms with Gasteiger partial charge in [-0.1, -0.05) is 42.5 Å². The summed E-state index contributed by atoms with van der Waals surface area (Å²) in [5.41, 5.74) is 0.840. The largest absolute Gasteiger partial charge is 0.278 e. The zero-order valence-corrected chi connectivity index (χ0v) is 10.2. The molecule has 3 rings (SSSR count). The third kappa shape index (κ3) is 2.06. The predicted octanol–water partition coefficient (Wildman–Crippen LogP) is 3.53. The van der Waals surface area contributed by atoms with Crippen molar-refractivity contribution >= 4 is 28.7 Å². The maximum absolute atomic E-state index is 11.4. The summed E-state index contributed by atoms with van der Waals surface area (Å²) < 4.78 is 0. The second-order valence-electron chi connectivity index (χ2n) is 4.16. The number of fused-ring (bicyclic) bond motifs is 1. The lowest BCUT2D eigenvalue weighted by Crippen LogP contribution is -2.15. The normalized spacial score (nSPS) is 10.3. The molecule has 19 heavy (non-hydrogen) atoms. The van der Waals surface area contributed by atoms with Crippen LogP contribution >= 0.6 is 0 Å². The molecule has 0 saturated carbocycles. The molecule has 0 radical (unpaired) electrons. The lowest BCUT2D eigenvalue weighted by atomic mass is 10.1. The summed E-state index contributed by atoms with van der Waals surface area (Å²) in [5.74, 6) is 0.619. The number of hydrogen-bond acceptors (Lipinski definition) is 2. The fourth-order valence-electron chi connectivity index (χ4n) is 2.15. The van der Waals surface area contributed by atoms with E-state index >= 15 is 0 Å². The highest BCUT2D eigenvalue weighted by atomic mass is 16.1. The van der Waals surface area contributed by atoms with Gasteiger partial charge in [-0.2, -0.15) is 0 Å². The summed E-state index contributed by atoms with van der Waals surface area (Å²) in [7, 11) is 0. The molecule has 3 aromatic rings. The van der Waals surface area contributed by atoms with Gasteiger partial charge in [0, 0.05) is 11.6 Å². The first-order chi connectivity index (χ1) is 9.40. The minimum absolute atomic E-state index is 0.619. The Morgan fingerprint density at radius 1 is 0.895 bits per heavy atom. The predicted molar refractivity (Wildman–Crippen MR) is 76.4 cm³/mol. The molecule has 1 heterocycles. The van der Waals surface area contributed by atoms with Crippen LogP contribution in [0.1, 0.15) is 0 Å². The van der Waals surface area contributed by atoms with Crippen molar-refractivity contribution in [1.29, 1.82) is 0 Å². The number of carbonyl (C=O) groups excluding carboxylic acids is 1. The highest BCUT2D eigenvalue weighted by molar-refractivity contribution is 6.01. The van der Waals surface area contributed by atoms with Crippen molar-refractivity contribution in [2.45, 2.75) is 0 Å². The molecule has 1 amide bonds. The van der Waals surface area contributed by atoms with E-state index in [4.69, 9.17) is 0 Å². The molecule has 0 bridgehead atoms. The van der Waals surface area contributed by atoms with Gasteiger partial charge in [-0.15, -0.1) is 0 Å². The van der Waals surface area contributed by atoms with Crippen LogP contribution in [0.5, 0.6) is 0 Å². The fourth-order valence-corrected chi connectivity index (χ4v) is 2.15. The van der Waals surface area contributed by atoms with Crippen molar-refractivity contribution in [3.8, 4) is 0 Å². The average Bonchev–Trinajstić information content (AvgIpc) is 2.49. The Bertz CT molecular complexity index is 705. The van der Waals surface area contributed by atoms with Crippen LogP contribution in [0.4, 0.5) is 11.5 Å². The van der Waals surface area contributed by atoms with Crippen molar-refractivity contribution in [1.82, 2.24) is 4.98 Å². The van der Waals surface area contributed by atoms with E-state index in [0.717, 1.165) is 22.9 Å². The number of amides is 1. The summed E-state index contributed by atoms with van der Waals surface area (Å²) in [6, 6.07) is 19.4. The monoisotopic (exact) mass is 248 g/mol. The molecular formula is C16H12N2O. The molecule has 0 aliphatic heterocycles. The zero-order valence-electron chi connectivity index (χ0n) is 10.2. The van der Waals surface area contributed by atoms with Gasteiger partial charge in [0.05, 0.1) is 5.69 Å². The molecule has 0 unspecified atom stereocenters. The molecule has 0 aliphatic carbocycles. The molecule has 2 aromatic carbocycles. The summed E-state index contributed by atoms with van der Waals surface area (Å²) in [5, 5.41) is 2.13. The van der Waals surface area contributed by atoms with E-state index in [1.165, 1.54) is 0 Å². The first-order valence-electron chi connectivity index (χ1n) is 6.03. The molecule has 3 nitrogen and oxygen atoms in total. The molecule has 0 saturated heterocycles. The Kier molecular flexibility index (Phi) is 2.94. The van der Waals surface area contributed by atoms with Gasteiger partial charge in [0.2, 0.25) is 6.41 Å². The number of hydrogen-bond donors (Lipinski definition) is 0. The summed E-state index contributed by atoms with van der Waals surface area (Å²) in [6.07, 6.45) is 2.47. The second-order valence-corrected chi connectivity index (χ2v) is 4.16. The van der Waals surface area contributed by atoms with Crippen molar-refractivity contribution in [2.24, 2.45) is 0 Å². The maximum Gasteiger partial charge on any atom is 0.219 e. The standard InChI is InChI=1S/C16H12N2O/c19-12-18(16-10-3-4-11-17-16)15-9-5-7-13-6-1-2-8-14(13)15/h1-12H. The van der Waals surface area contributed by atoms with E-state index < -0.39 is 0 Å². The van der Waals surface area contributed by atoms with Gasteiger partial charge >= 0.3 is 0 Å². The zero-order chi connectivity index (χ0) is 13.1. The number of aromatic nitrogens is 1. The Morgan fingerprint density at radius 2 is 1.68 bits per heavy atom. The number of nitrogens with zero attached hydrogens (tertiary/aromatic N) is 2. The Morgan fingerprint density at radius 3 is 2.47 bits per heavy atom. The van der Waals surface area contributed by atoms with Gasteiger partial charge in [-0.3, -0.25) is 9.69 Å². The average molecular weight is 248 g/mol. The fraction of sp³-hybridized carbons (Fsp3) is 0. The molecule has 0 atom stereocenters. The molecule has 0 aliphatic rings. The van der Waals surface area contributed by atoms with Crippen molar-refractivity contribution in [3.63, 3.8) is 0 Å². The topological polar surface area (TPSA) is 33.2 Å². The maximum atomic E-state index is 11.4. The second kappa shape index (κ2) is 4.90. The van der Waals surface area contributed by atoms with Gasteiger partial charge in [-0.25, -0.2) is 4.98 Å². The molecule has 1 aromatic heterocycles. The van der Waals surface area contributed by atoms with Crippen LogP contribution in [0.2, 0.25) is 0 Å². The SMILES string of the molecule is O=CN(c1ccccn1)c1cccc2ccccc12. The van der Waals surface area contributed by atoms with Gasteiger partial charge < -0.3 is 0 Å². The number of carbonyl (C=O) groups is 1. The van der Waals surface area contributed by atoms with E-state index in [2.05, 4.69) is 4.98 Å². The first kappa shape index (κ1) is 11.4. The van der Waals surface area contributed by atoms with Gasteiger partial charge in [-0.05, 0) is 23.6 Å². The number of anilines is 2. The minimum Gasteiger partial charge on any atom is -0.278 e. The lowest BCUT2D eigenvalue weighted by Gasteiger charge is -2.18. The molecule has 92 valence electrons. The molecule has 0 fully saturated rings. The number of pyridine rings is 1. The lowest BCUT2D eigenvalue weighted by molar-refractivity contribution is -0.106. The third-order valence-electron chi connectivity index (χ3n) is 3.03. The molecule has 0 N–H and O–H groups in total. The summed E-state index contributed by atoms with van der Waals surface area (Å²) >= 11 is 0. The van der Waals surface area contributed by atoms with E-state index in [-0.39, 0.29) is 0 Å². The van der Waals surface area contributed by atoms with Crippen LogP contribution in [0, 0.1) is 0 Å². The van der Waals surface area contributed by atoms with Crippen LogP contribution in [-0.4, -0.2) is 11.4 Å². The smallest absolute Gasteiger partial charge is 0.219 e. The third-order valence-corrected chi connectivity index (χ3v) is 3.03. The van der Waals surface area contributed by atoms with Gasteiger partial charge in [0.15, 0.2) is 0 Å². The van der Waals surface area contributed by atoms with Gasteiger partial charge in [0.1, 0.15) is 5.82 Å². The minimum atomic E-state index is 0.619. The van der Waals surface area contributed by atoms with Crippen LogP contribution in [0.3, 0.4) is 0 Å². The van der Waals surface area contributed by atoms with Crippen molar-refractivity contribution in [3.05, 3.63) is 66.9 Å². The molecule has 0 spiro atoms. The van der Waals surface area contributed by atoms with E-state index in [1.807, 2.05) is 60.7 Å². The van der Waals surface area contributed by atoms with E-state index in [9.17, 15) is 4.79 Å². The highest BCUT2D eigenvalue weighted by Crippen LogP contribution is 2.29. The van der Waals surface area contributed by atoms with Crippen molar-refractivity contribution < 1.29 is 4.79 Å². The summed E-state index contributed by atoms with van der Waals surface area (Å²) in [6.45, 7) is 0. The Balaban J connectivity index is 2.20. The van der Waals surface area contributed by atoms with Crippen LogP contribution < -0.4 is 4.90 Å². The number of rotatable bonds is 3. The molecule has 3 heteroatoms. The quantitative estimate of drug-likeness (QED) is 0.664. The van der Waals surface area contributed by atoms with E-state index in [1.54, 1.807) is 11.1 Å². The Labute approximate surface area is 111 Å². The Hall–Kier alpha value is -2.68. The highest BCUT2D eigenvalue weighted by Gasteiger charge is 2.11. The van der Waals surface area contributed by atoms with Crippen LogP contribution in [0.25, 0.3) is 10.8 Å². The van der Waals surface area contributed by atoms with Crippen LogP contribution in [-0.2, 0) is 4.79 Å².